The van der Waals surface area contributed by atoms with E-state index in [0.717, 1.165) is 61.8 Å². The minimum absolute atomic E-state index is 0.0259. The number of thiophene rings is 1. The Labute approximate surface area is 186 Å². The number of amides is 3. The van der Waals surface area contributed by atoms with Crippen LogP contribution in [0.15, 0.2) is 0 Å². The molecular weight excluding hydrogens is 416 g/mol. The highest BCUT2D eigenvalue weighted by atomic mass is 32.1. The minimum atomic E-state index is -0.404. The molecule has 1 aliphatic heterocycles. The molecule has 1 aromatic rings. The summed E-state index contributed by atoms with van der Waals surface area (Å²) in [6.07, 6.45) is 7.06. The van der Waals surface area contributed by atoms with E-state index in [1.54, 1.807) is 13.8 Å². The van der Waals surface area contributed by atoms with E-state index < -0.39 is 5.97 Å². The maximum atomic E-state index is 12.7. The fraction of sp³-hybridized carbons (Fsp3) is 0.652. The number of carbonyl (C=O) groups is 4. The zero-order valence-corrected chi connectivity index (χ0v) is 19.0. The van der Waals surface area contributed by atoms with Crippen LogP contribution in [0, 0.1) is 11.8 Å². The van der Waals surface area contributed by atoms with Gasteiger partial charge in [0.25, 0.3) is 0 Å². The van der Waals surface area contributed by atoms with Crippen molar-refractivity contribution >= 4 is 40.0 Å². The highest BCUT2D eigenvalue weighted by Crippen LogP contribution is 2.40. The standard InChI is InChI=1S/C23H30N2O5S/c1-13(2)30-23(29)19-16-9-5-6-10-17(16)31-20(19)24-18(26)11-12-25-21(27)14-7-3-4-8-15(14)22(25)28/h13-15H,3-12H2,1-2H3,(H,24,26)/t14-,15-/m0/s1. The molecule has 1 N–H and O–H groups in total. The number of hydrogen-bond acceptors (Lipinski definition) is 6. The molecule has 1 saturated carbocycles. The Bertz CT molecular complexity index is 882. The second-order valence-corrected chi connectivity index (χ2v) is 10.1. The molecule has 2 aliphatic carbocycles. The van der Waals surface area contributed by atoms with E-state index in [1.807, 2.05) is 0 Å². The molecule has 2 fully saturated rings. The molecule has 7 nitrogen and oxygen atoms in total. The normalized spacial score (nSPS) is 23.0. The average molecular weight is 447 g/mol. The van der Waals surface area contributed by atoms with Gasteiger partial charge in [-0.3, -0.25) is 19.3 Å². The van der Waals surface area contributed by atoms with E-state index in [1.165, 1.54) is 16.2 Å². The van der Waals surface area contributed by atoms with Gasteiger partial charge < -0.3 is 10.1 Å². The van der Waals surface area contributed by atoms with Crippen LogP contribution in [0.25, 0.3) is 0 Å². The predicted molar refractivity (Wildman–Crippen MR) is 117 cm³/mol. The fourth-order valence-electron chi connectivity index (χ4n) is 5.00. The Hall–Kier alpha value is -2.22. The summed E-state index contributed by atoms with van der Waals surface area (Å²) in [6, 6.07) is 0. The molecule has 2 atom stereocenters. The van der Waals surface area contributed by atoms with Gasteiger partial charge in [-0.15, -0.1) is 11.3 Å². The van der Waals surface area contributed by atoms with Crippen LogP contribution in [0.5, 0.6) is 0 Å². The molecule has 8 heteroatoms. The number of nitrogens with one attached hydrogen (secondary N) is 1. The summed E-state index contributed by atoms with van der Waals surface area (Å²) in [5.74, 6) is -1.37. The lowest BCUT2D eigenvalue weighted by Crippen LogP contribution is -2.34. The summed E-state index contributed by atoms with van der Waals surface area (Å²) >= 11 is 1.44. The van der Waals surface area contributed by atoms with Crippen molar-refractivity contribution in [3.63, 3.8) is 0 Å². The lowest BCUT2D eigenvalue weighted by atomic mass is 9.81. The number of imide groups is 1. The Morgan fingerprint density at radius 1 is 1.06 bits per heavy atom. The molecule has 1 aromatic heterocycles. The molecule has 3 aliphatic rings. The van der Waals surface area contributed by atoms with Crippen LogP contribution in [0.1, 0.15) is 79.6 Å². The number of anilines is 1. The molecule has 0 unspecified atom stereocenters. The van der Waals surface area contributed by atoms with E-state index in [9.17, 15) is 19.2 Å². The number of carbonyl (C=O) groups excluding carboxylic acids is 4. The summed E-state index contributed by atoms with van der Waals surface area (Å²) in [5, 5.41) is 3.39. The number of hydrogen-bond donors (Lipinski definition) is 1. The van der Waals surface area contributed by atoms with Gasteiger partial charge in [0.1, 0.15) is 5.00 Å². The van der Waals surface area contributed by atoms with Crippen LogP contribution < -0.4 is 5.32 Å². The second-order valence-electron chi connectivity index (χ2n) is 8.99. The van der Waals surface area contributed by atoms with Crippen molar-refractivity contribution in [2.45, 2.75) is 77.7 Å². The molecule has 2 heterocycles. The molecule has 0 spiro atoms. The van der Waals surface area contributed by atoms with Gasteiger partial charge in [-0.05, 0) is 57.9 Å². The first-order valence-electron chi connectivity index (χ1n) is 11.4. The lowest BCUT2D eigenvalue weighted by Gasteiger charge is -2.19. The summed E-state index contributed by atoms with van der Waals surface area (Å²) in [4.78, 5) is 53.1. The van der Waals surface area contributed by atoms with Gasteiger partial charge in [-0.25, -0.2) is 4.79 Å². The molecule has 4 rings (SSSR count). The van der Waals surface area contributed by atoms with Crippen molar-refractivity contribution in [2.75, 3.05) is 11.9 Å². The highest BCUT2D eigenvalue weighted by Gasteiger charge is 2.47. The first-order chi connectivity index (χ1) is 14.9. The Morgan fingerprint density at radius 3 is 2.35 bits per heavy atom. The molecule has 0 radical (unpaired) electrons. The molecule has 1 saturated heterocycles. The SMILES string of the molecule is CC(C)OC(=O)c1c(NC(=O)CCN2C(=O)[C@H]3CCCC[C@@H]3C2=O)sc2c1CCCC2. The number of aryl methyl sites for hydroxylation is 1. The quantitative estimate of drug-likeness (QED) is 0.531. The largest absolute Gasteiger partial charge is 0.459 e. The first-order valence-corrected chi connectivity index (χ1v) is 12.2. The molecule has 0 bridgehead atoms. The molecule has 0 aromatic carbocycles. The van der Waals surface area contributed by atoms with E-state index in [4.69, 9.17) is 4.74 Å². The van der Waals surface area contributed by atoms with Crippen LogP contribution in [0.4, 0.5) is 5.00 Å². The van der Waals surface area contributed by atoms with Gasteiger partial charge in [-0.2, -0.15) is 0 Å². The van der Waals surface area contributed by atoms with E-state index >= 15 is 0 Å². The van der Waals surface area contributed by atoms with Crippen molar-refractivity contribution in [3.05, 3.63) is 16.0 Å². The van der Waals surface area contributed by atoms with Crippen molar-refractivity contribution in [3.8, 4) is 0 Å². The zero-order valence-electron chi connectivity index (χ0n) is 18.2. The van der Waals surface area contributed by atoms with E-state index in [0.29, 0.717) is 10.6 Å². The van der Waals surface area contributed by atoms with Gasteiger partial charge in [0, 0.05) is 17.8 Å². The van der Waals surface area contributed by atoms with E-state index in [-0.39, 0.29) is 48.6 Å². The topological polar surface area (TPSA) is 92.8 Å². The molecule has 31 heavy (non-hydrogen) atoms. The van der Waals surface area contributed by atoms with Crippen molar-refractivity contribution in [2.24, 2.45) is 11.8 Å². The van der Waals surface area contributed by atoms with Crippen LogP contribution >= 0.6 is 11.3 Å². The maximum Gasteiger partial charge on any atom is 0.341 e. The van der Waals surface area contributed by atoms with Gasteiger partial charge in [0.2, 0.25) is 17.7 Å². The van der Waals surface area contributed by atoms with Crippen LogP contribution in [0.2, 0.25) is 0 Å². The van der Waals surface area contributed by atoms with Gasteiger partial charge in [0.05, 0.1) is 23.5 Å². The van der Waals surface area contributed by atoms with Crippen molar-refractivity contribution in [1.29, 1.82) is 0 Å². The number of esters is 1. The Kier molecular flexibility index (Phi) is 6.46. The number of ether oxygens (including phenoxy) is 1. The number of likely N-dealkylation sites (tertiary alicyclic amines) is 1. The minimum Gasteiger partial charge on any atom is -0.459 e. The Balaban J connectivity index is 1.44. The third kappa shape index (κ3) is 4.40. The maximum absolute atomic E-state index is 12.7. The van der Waals surface area contributed by atoms with Crippen molar-refractivity contribution < 1.29 is 23.9 Å². The molecule has 3 amide bonds. The molecule has 168 valence electrons. The van der Waals surface area contributed by atoms with E-state index in [2.05, 4.69) is 5.32 Å². The number of rotatable bonds is 6. The predicted octanol–water partition coefficient (Wildman–Crippen LogP) is 3.70. The van der Waals surface area contributed by atoms with Crippen molar-refractivity contribution in [1.82, 2.24) is 4.90 Å². The highest BCUT2D eigenvalue weighted by molar-refractivity contribution is 7.17. The number of nitrogens with zero attached hydrogens (tertiary/aromatic N) is 1. The summed E-state index contributed by atoms with van der Waals surface area (Å²) in [6.45, 7) is 3.70. The summed E-state index contributed by atoms with van der Waals surface area (Å²) in [7, 11) is 0. The number of fused-ring (bicyclic) bond motifs is 2. The summed E-state index contributed by atoms with van der Waals surface area (Å²) in [5.41, 5.74) is 1.47. The van der Waals surface area contributed by atoms with Gasteiger partial charge >= 0.3 is 5.97 Å². The second kappa shape index (κ2) is 9.10. The fourth-order valence-corrected chi connectivity index (χ4v) is 6.29. The summed E-state index contributed by atoms with van der Waals surface area (Å²) < 4.78 is 5.43. The van der Waals surface area contributed by atoms with Gasteiger partial charge in [-0.1, -0.05) is 12.8 Å². The average Bonchev–Trinajstić information content (AvgIpc) is 3.21. The monoisotopic (exact) mass is 446 g/mol. The van der Waals surface area contributed by atoms with Crippen LogP contribution in [-0.2, 0) is 32.0 Å². The lowest BCUT2D eigenvalue weighted by molar-refractivity contribution is -0.140. The zero-order chi connectivity index (χ0) is 22.1. The molecular formula is C23H30N2O5S. The Morgan fingerprint density at radius 2 is 1.71 bits per heavy atom. The van der Waals surface area contributed by atoms with Crippen LogP contribution in [-0.4, -0.2) is 41.2 Å². The third-order valence-electron chi connectivity index (χ3n) is 6.47. The third-order valence-corrected chi connectivity index (χ3v) is 7.67. The van der Waals surface area contributed by atoms with Crippen LogP contribution in [0.3, 0.4) is 0 Å². The first kappa shape index (κ1) is 22.0. The van der Waals surface area contributed by atoms with Gasteiger partial charge in [0.15, 0.2) is 0 Å². The smallest absolute Gasteiger partial charge is 0.341 e.